The molecule has 0 aliphatic carbocycles. The van der Waals surface area contributed by atoms with Crippen LogP contribution in [0, 0.1) is 5.41 Å². The number of aliphatic hydroxyl groups excluding tert-OH is 1. The second-order valence-corrected chi connectivity index (χ2v) is 15.0. The van der Waals surface area contributed by atoms with Crippen molar-refractivity contribution in [2.24, 2.45) is 0 Å². The molecule has 1 aromatic heterocycles. The Morgan fingerprint density at radius 2 is 1.83 bits per heavy atom. The Balaban J connectivity index is 2.00. The highest BCUT2D eigenvalue weighted by Crippen LogP contribution is 2.37. The molecule has 2 unspecified atom stereocenters. The van der Waals surface area contributed by atoms with E-state index in [0.29, 0.717) is 23.4 Å². The molecule has 2 atom stereocenters. The average molecular weight is 718 g/mol. The number of nitrogens with zero attached hydrogens (tertiary/aromatic N) is 2. The van der Waals surface area contributed by atoms with E-state index >= 15 is 0 Å². The third kappa shape index (κ3) is 9.94. The third-order valence-corrected chi connectivity index (χ3v) is 10.5. The number of alkyl halides is 3. The van der Waals surface area contributed by atoms with Crippen LogP contribution in [0.25, 0.3) is 5.57 Å². The highest BCUT2D eigenvalue weighted by molar-refractivity contribution is 8.06. The number of amidine groups is 1. The van der Waals surface area contributed by atoms with Crippen molar-refractivity contribution in [1.29, 1.82) is 5.41 Å². The Morgan fingerprint density at radius 1 is 1.17 bits per heavy atom. The Labute approximate surface area is 277 Å². The maximum Gasteiger partial charge on any atom is 0.416 e. The van der Waals surface area contributed by atoms with Crippen LogP contribution in [0.3, 0.4) is 0 Å². The van der Waals surface area contributed by atoms with Crippen molar-refractivity contribution in [3.8, 4) is 17.4 Å². The average Bonchev–Trinajstić information content (AvgIpc) is 2.98. The second kappa shape index (κ2) is 15.4. The van der Waals surface area contributed by atoms with Crippen molar-refractivity contribution in [1.82, 2.24) is 14.6 Å². The number of hydrogen-bond donors (Lipinski definition) is 4. The first kappa shape index (κ1) is 38.3. The maximum absolute atomic E-state index is 14.0. The Bertz CT molecular complexity index is 1830. The summed E-state index contributed by atoms with van der Waals surface area (Å²) in [5.41, 5.74) is 5.65. The maximum atomic E-state index is 14.0. The topological polar surface area (TPSA) is 194 Å². The molecule has 0 bridgehead atoms. The third-order valence-electron chi connectivity index (χ3n) is 6.97. The van der Waals surface area contributed by atoms with E-state index in [1.807, 2.05) is 4.72 Å². The number of sulfonamides is 1. The van der Waals surface area contributed by atoms with Crippen LogP contribution in [0.15, 0.2) is 60.0 Å². The van der Waals surface area contributed by atoms with Gasteiger partial charge in [0.1, 0.15) is 23.6 Å². The number of benzene rings is 1. The summed E-state index contributed by atoms with van der Waals surface area (Å²) in [6, 6.07) is 5.08. The molecular weight excluding hydrogens is 679 g/mol. The Kier molecular flexibility index (Phi) is 12.3. The summed E-state index contributed by atoms with van der Waals surface area (Å²) in [6.45, 7) is 3.18. The molecule has 0 spiro atoms. The van der Waals surface area contributed by atoms with E-state index in [0.717, 1.165) is 12.2 Å². The summed E-state index contributed by atoms with van der Waals surface area (Å²) in [4.78, 5) is 5.55. The van der Waals surface area contributed by atoms with Gasteiger partial charge in [0.15, 0.2) is 14.9 Å². The predicted octanol–water partition coefficient (Wildman–Crippen LogP) is 3.91. The van der Waals surface area contributed by atoms with Crippen LogP contribution in [-0.4, -0.2) is 82.0 Å². The van der Waals surface area contributed by atoms with Crippen LogP contribution in [0.5, 0.6) is 17.4 Å². The number of halogens is 3. The number of nitrogen functional groups attached to an aromatic ring is 1. The summed E-state index contributed by atoms with van der Waals surface area (Å²) in [5, 5.41) is 18.7. The van der Waals surface area contributed by atoms with Gasteiger partial charge >= 0.3 is 6.18 Å². The van der Waals surface area contributed by atoms with E-state index in [4.69, 9.17) is 19.9 Å². The zero-order valence-electron chi connectivity index (χ0n) is 26.8. The van der Waals surface area contributed by atoms with E-state index in [9.17, 15) is 40.5 Å². The molecule has 18 heteroatoms. The van der Waals surface area contributed by atoms with Crippen molar-refractivity contribution in [3.05, 3.63) is 71.1 Å². The van der Waals surface area contributed by atoms with Crippen LogP contribution in [0.4, 0.5) is 18.9 Å². The fraction of sp³-hybridized carbons (Fsp3) is 0.400. The zero-order valence-corrected chi connectivity index (χ0v) is 28.5. The molecule has 48 heavy (non-hydrogen) atoms. The number of anilines is 1. The number of nitrogens with two attached hydrogens (primary N) is 1. The van der Waals surface area contributed by atoms with Crippen LogP contribution in [0.1, 0.15) is 44.0 Å². The van der Waals surface area contributed by atoms with Gasteiger partial charge in [-0.15, -0.1) is 0 Å². The molecule has 2 aromatic rings. The lowest BCUT2D eigenvalue weighted by Gasteiger charge is -2.38. The Hall–Kier alpha value is -4.13. The summed E-state index contributed by atoms with van der Waals surface area (Å²) in [5.74, 6) is 0.342. The molecule has 0 radical (unpaired) electrons. The number of nitrogens with one attached hydrogen (secondary N) is 2. The molecule has 1 aromatic carbocycles. The fourth-order valence-corrected chi connectivity index (χ4v) is 7.94. The van der Waals surface area contributed by atoms with Gasteiger partial charge in [0.2, 0.25) is 15.9 Å². The van der Waals surface area contributed by atoms with Gasteiger partial charge < -0.3 is 30.0 Å². The number of ether oxygens (including phenoxy) is 3. The first-order valence-corrected chi connectivity index (χ1v) is 18.0. The Morgan fingerprint density at radius 3 is 2.40 bits per heavy atom. The molecule has 1 aliphatic heterocycles. The number of aromatic nitrogens is 1. The van der Waals surface area contributed by atoms with Crippen LogP contribution < -0.4 is 24.7 Å². The van der Waals surface area contributed by atoms with Gasteiger partial charge in [-0.2, -0.15) is 17.9 Å². The lowest BCUT2D eigenvalue weighted by molar-refractivity contribution is -0.0893. The van der Waals surface area contributed by atoms with Gasteiger partial charge in [0.05, 0.1) is 38.0 Å². The number of sulfone groups is 1. The van der Waals surface area contributed by atoms with E-state index < -0.39 is 49.0 Å². The molecule has 2 heterocycles. The minimum Gasteiger partial charge on any atom is -0.497 e. The van der Waals surface area contributed by atoms with Crippen molar-refractivity contribution in [2.75, 3.05) is 37.9 Å². The minimum absolute atomic E-state index is 0.0483. The molecule has 1 aliphatic rings. The van der Waals surface area contributed by atoms with E-state index in [1.54, 1.807) is 26.0 Å². The number of hydrogen-bond acceptors (Lipinski definition) is 11. The highest BCUT2D eigenvalue weighted by Gasteiger charge is 2.38. The standard InChI is InChI=1S/C30H38F3N5O8S2/c1-6-21-11-19(30(31,32)33)12-22(8-9-46-24-14-20(34)13-23(15-24)44-3)38(21)27(35)25(7-2)18-10-26(29(45-4)36-16-18)28(39)37-48(42,43)17-47(5,40)41/h7,10-16,21,28,35,37,39H,6,8-9,17,34H2,1-5H3/b25-7-,35-27?. The summed E-state index contributed by atoms with van der Waals surface area (Å²) >= 11 is 0. The van der Waals surface area contributed by atoms with Gasteiger partial charge in [-0.3, -0.25) is 5.41 Å². The normalized spacial score (nSPS) is 16.6. The van der Waals surface area contributed by atoms with E-state index in [1.165, 1.54) is 43.5 Å². The first-order chi connectivity index (χ1) is 22.3. The summed E-state index contributed by atoms with van der Waals surface area (Å²) in [7, 11) is -5.84. The fourth-order valence-electron chi connectivity index (χ4n) is 4.94. The SMILES string of the molecule is C/C=C(\C(=N)N1C(CCOc2cc(N)cc(OC)c2)=CC(C(F)(F)F)=CC1CC)c1cnc(OC)c(C(O)NS(=O)(=O)CS(C)(=O)=O)c1. The first-order valence-electron chi connectivity index (χ1n) is 14.3. The van der Waals surface area contributed by atoms with Gasteiger partial charge in [0.25, 0.3) is 0 Å². The van der Waals surface area contributed by atoms with E-state index in [2.05, 4.69) is 4.98 Å². The van der Waals surface area contributed by atoms with Crippen molar-refractivity contribution in [3.63, 3.8) is 0 Å². The molecule has 3 rings (SSSR count). The number of rotatable bonds is 14. The largest absolute Gasteiger partial charge is 0.497 e. The summed E-state index contributed by atoms with van der Waals surface area (Å²) in [6.07, 6.45) is -1.02. The highest BCUT2D eigenvalue weighted by atomic mass is 32.3. The molecule has 0 fully saturated rings. The van der Waals surface area contributed by atoms with Crippen LogP contribution in [-0.2, 0) is 19.9 Å². The number of aliphatic hydroxyl groups is 1. The smallest absolute Gasteiger partial charge is 0.416 e. The van der Waals surface area contributed by atoms with Gasteiger partial charge in [-0.05, 0) is 31.6 Å². The van der Waals surface area contributed by atoms with Gasteiger partial charge in [0, 0.05) is 59.6 Å². The lowest BCUT2D eigenvalue weighted by atomic mass is 9.96. The molecular formula is C30H38F3N5O8S2. The van der Waals surface area contributed by atoms with E-state index in [-0.39, 0.29) is 53.6 Å². The molecule has 0 amide bonds. The minimum atomic E-state index is -4.66. The lowest BCUT2D eigenvalue weighted by Crippen LogP contribution is -2.41. The number of pyridine rings is 1. The van der Waals surface area contributed by atoms with Crippen molar-refractivity contribution >= 4 is 37.0 Å². The number of methoxy groups -OCH3 is 2. The predicted molar refractivity (Wildman–Crippen MR) is 175 cm³/mol. The molecule has 13 nitrogen and oxygen atoms in total. The van der Waals surface area contributed by atoms with Crippen molar-refractivity contribution < 1.29 is 49.3 Å². The van der Waals surface area contributed by atoms with Gasteiger partial charge in [-0.1, -0.05) is 13.0 Å². The van der Waals surface area contributed by atoms with Gasteiger partial charge in [-0.25, -0.2) is 21.8 Å². The van der Waals surface area contributed by atoms with Crippen LogP contribution in [0.2, 0.25) is 0 Å². The van der Waals surface area contributed by atoms with Crippen LogP contribution >= 0.6 is 0 Å². The summed E-state index contributed by atoms with van der Waals surface area (Å²) < 4.78 is 108. The molecule has 5 N–H and O–H groups in total. The number of allylic oxidation sites excluding steroid dienone is 3. The molecule has 0 saturated carbocycles. The quantitative estimate of drug-likeness (QED) is 0.0958. The van der Waals surface area contributed by atoms with Crippen molar-refractivity contribution in [2.45, 2.75) is 45.1 Å². The monoisotopic (exact) mass is 717 g/mol. The second-order valence-electron chi connectivity index (χ2n) is 10.7. The molecule has 264 valence electrons. The molecule has 0 saturated heterocycles. The zero-order chi connectivity index (χ0) is 36.0.